The second-order valence-corrected chi connectivity index (χ2v) is 5.57. The fourth-order valence-corrected chi connectivity index (χ4v) is 3.10. The highest BCUT2D eigenvalue weighted by molar-refractivity contribution is 5.44. The Hall–Kier alpha value is -1.52. The Morgan fingerprint density at radius 1 is 1.19 bits per heavy atom. The number of hydrogen-bond donors (Lipinski definition) is 1. The first kappa shape index (κ1) is 14.4. The molecule has 0 spiro atoms. The number of hydrogen-bond acceptors (Lipinski definition) is 4. The minimum Gasteiger partial charge on any atom is -0.486 e. The summed E-state index contributed by atoms with van der Waals surface area (Å²) in [5.41, 5.74) is 1.32. The lowest BCUT2D eigenvalue weighted by molar-refractivity contribution is 0.160. The van der Waals surface area contributed by atoms with Crippen molar-refractivity contribution in [1.29, 1.82) is 0 Å². The molecule has 0 bridgehead atoms. The van der Waals surface area contributed by atoms with E-state index in [1.807, 2.05) is 12.1 Å². The van der Waals surface area contributed by atoms with Gasteiger partial charge >= 0.3 is 0 Å². The third kappa shape index (κ3) is 3.39. The van der Waals surface area contributed by atoms with Gasteiger partial charge in [0.15, 0.2) is 11.5 Å². The highest BCUT2D eigenvalue weighted by Crippen LogP contribution is 2.35. The van der Waals surface area contributed by atoms with Gasteiger partial charge in [0, 0.05) is 32.2 Å². The lowest BCUT2D eigenvalue weighted by Gasteiger charge is -2.35. The van der Waals surface area contributed by atoms with Crippen LogP contribution < -0.4 is 14.8 Å². The first-order valence-electron chi connectivity index (χ1n) is 7.83. The summed E-state index contributed by atoms with van der Waals surface area (Å²) >= 11 is 0. The van der Waals surface area contributed by atoms with E-state index in [0.717, 1.165) is 50.5 Å². The Morgan fingerprint density at radius 3 is 2.71 bits per heavy atom. The molecule has 0 saturated carbocycles. The Morgan fingerprint density at radius 2 is 1.95 bits per heavy atom. The third-order valence-electron chi connectivity index (χ3n) is 4.19. The lowest BCUT2D eigenvalue weighted by Crippen LogP contribution is -2.45. The molecule has 0 aromatic heterocycles. The number of nitrogens with one attached hydrogen (secondary N) is 1. The van der Waals surface area contributed by atoms with Gasteiger partial charge in [0.1, 0.15) is 13.2 Å². The maximum Gasteiger partial charge on any atom is 0.161 e. The van der Waals surface area contributed by atoms with Crippen LogP contribution in [0, 0.1) is 0 Å². The zero-order valence-corrected chi connectivity index (χ0v) is 12.5. The van der Waals surface area contributed by atoms with Gasteiger partial charge in [0.05, 0.1) is 0 Å². The lowest BCUT2D eigenvalue weighted by atomic mass is 9.99. The van der Waals surface area contributed by atoms with Crippen LogP contribution in [0.25, 0.3) is 0 Å². The number of fused-ring (bicyclic) bond motifs is 1. The van der Waals surface area contributed by atoms with Gasteiger partial charge in [0.25, 0.3) is 0 Å². The van der Waals surface area contributed by atoms with Crippen LogP contribution in [0.15, 0.2) is 30.9 Å². The first-order chi connectivity index (χ1) is 10.4. The number of piperazine rings is 1. The second kappa shape index (κ2) is 6.96. The zero-order chi connectivity index (χ0) is 14.5. The first-order valence-corrected chi connectivity index (χ1v) is 7.83. The second-order valence-electron chi connectivity index (χ2n) is 5.57. The van der Waals surface area contributed by atoms with Crippen molar-refractivity contribution in [2.75, 3.05) is 39.4 Å². The highest BCUT2D eigenvalue weighted by Gasteiger charge is 2.23. The van der Waals surface area contributed by atoms with Crippen LogP contribution in [0.1, 0.15) is 24.4 Å². The van der Waals surface area contributed by atoms with E-state index in [2.05, 4.69) is 28.9 Å². The standard InChI is InChI=1S/C17H24N2O2/c1-2-3-4-15(19-9-7-18-8-10-19)14-5-6-16-17(13-14)21-12-11-20-16/h2,5-6,13,15,18H,1,3-4,7-12H2/t15-/m0/s1. The van der Waals surface area contributed by atoms with Crippen molar-refractivity contribution in [3.63, 3.8) is 0 Å². The molecule has 3 rings (SSSR count). The molecule has 0 unspecified atom stereocenters. The molecule has 1 atom stereocenters. The molecule has 4 nitrogen and oxygen atoms in total. The Balaban J connectivity index is 1.82. The molecule has 2 aliphatic heterocycles. The minimum atomic E-state index is 0.431. The average molecular weight is 288 g/mol. The van der Waals surface area contributed by atoms with Crippen molar-refractivity contribution in [2.45, 2.75) is 18.9 Å². The molecule has 1 N–H and O–H groups in total. The molecule has 0 aliphatic carbocycles. The van der Waals surface area contributed by atoms with E-state index >= 15 is 0 Å². The van der Waals surface area contributed by atoms with Crippen LogP contribution in [0.5, 0.6) is 11.5 Å². The SMILES string of the molecule is C=CCC[C@@H](c1ccc2c(c1)OCCO2)N1CCNCC1. The van der Waals surface area contributed by atoms with Gasteiger partial charge in [-0.1, -0.05) is 12.1 Å². The van der Waals surface area contributed by atoms with Gasteiger partial charge < -0.3 is 14.8 Å². The van der Waals surface area contributed by atoms with Gasteiger partial charge in [-0.3, -0.25) is 4.90 Å². The van der Waals surface area contributed by atoms with Crippen LogP contribution in [-0.2, 0) is 0 Å². The van der Waals surface area contributed by atoms with E-state index in [1.165, 1.54) is 5.56 Å². The van der Waals surface area contributed by atoms with Gasteiger partial charge in [-0.25, -0.2) is 0 Å². The molecule has 114 valence electrons. The number of ether oxygens (including phenoxy) is 2. The van der Waals surface area contributed by atoms with E-state index < -0.39 is 0 Å². The smallest absolute Gasteiger partial charge is 0.161 e. The van der Waals surface area contributed by atoms with Crippen molar-refractivity contribution < 1.29 is 9.47 Å². The topological polar surface area (TPSA) is 33.7 Å². The van der Waals surface area contributed by atoms with Gasteiger partial charge in [0.2, 0.25) is 0 Å². The van der Waals surface area contributed by atoms with Crippen LogP contribution in [0.3, 0.4) is 0 Å². The summed E-state index contributed by atoms with van der Waals surface area (Å²) < 4.78 is 11.4. The third-order valence-corrected chi connectivity index (χ3v) is 4.19. The summed E-state index contributed by atoms with van der Waals surface area (Å²) in [6.45, 7) is 9.47. The molecule has 4 heteroatoms. The van der Waals surface area contributed by atoms with Crippen LogP contribution in [-0.4, -0.2) is 44.3 Å². The molecule has 0 radical (unpaired) electrons. The normalized spacial score (nSPS) is 20.0. The molecule has 2 heterocycles. The van der Waals surface area contributed by atoms with E-state index in [4.69, 9.17) is 9.47 Å². The van der Waals surface area contributed by atoms with Crippen molar-refractivity contribution >= 4 is 0 Å². The molecule has 1 aromatic carbocycles. The summed E-state index contributed by atoms with van der Waals surface area (Å²) in [5, 5.41) is 3.42. The monoisotopic (exact) mass is 288 g/mol. The number of nitrogens with zero attached hydrogens (tertiary/aromatic N) is 1. The molecule has 21 heavy (non-hydrogen) atoms. The Kier molecular flexibility index (Phi) is 4.78. The van der Waals surface area contributed by atoms with Crippen LogP contribution >= 0.6 is 0 Å². The minimum absolute atomic E-state index is 0.431. The zero-order valence-electron chi connectivity index (χ0n) is 12.5. The van der Waals surface area contributed by atoms with E-state index in [-0.39, 0.29) is 0 Å². The molecule has 2 aliphatic rings. The Labute approximate surface area is 126 Å². The van der Waals surface area contributed by atoms with Crippen LogP contribution in [0.2, 0.25) is 0 Å². The van der Waals surface area contributed by atoms with Crippen molar-refractivity contribution in [1.82, 2.24) is 10.2 Å². The molecule has 1 fully saturated rings. The fraction of sp³-hybridized carbons (Fsp3) is 0.529. The van der Waals surface area contributed by atoms with Gasteiger partial charge in [-0.2, -0.15) is 0 Å². The van der Waals surface area contributed by atoms with Gasteiger partial charge in [-0.15, -0.1) is 6.58 Å². The molecule has 1 saturated heterocycles. The number of benzene rings is 1. The maximum atomic E-state index is 5.73. The number of rotatable bonds is 5. The molecule has 1 aromatic rings. The summed E-state index contributed by atoms with van der Waals surface area (Å²) in [7, 11) is 0. The fourth-order valence-electron chi connectivity index (χ4n) is 3.10. The highest BCUT2D eigenvalue weighted by atomic mass is 16.6. The predicted octanol–water partition coefficient (Wildman–Crippen LogP) is 2.37. The van der Waals surface area contributed by atoms with Gasteiger partial charge in [-0.05, 0) is 30.5 Å². The molecular formula is C17H24N2O2. The van der Waals surface area contributed by atoms with E-state index in [1.54, 1.807) is 0 Å². The maximum absolute atomic E-state index is 5.73. The van der Waals surface area contributed by atoms with Crippen molar-refractivity contribution in [2.24, 2.45) is 0 Å². The van der Waals surface area contributed by atoms with Crippen molar-refractivity contribution in [3.8, 4) is 11.5 Å². The summed E-state index contributed by atoms with van der Waals surface area (Å²) in [6.07, 6.45) is 4.14. The Bertz CT molecular complexity index is 484. The summed E-state index contributed by atoms with van der Waals surface area (Å²) in [6, 6.07) is 6.82. The quantitative estimate of drug-likeness (QED) is 0.844. The molecular weight excluding hydrogens is 264 g/mol. The van der Waals surface area contributed by atoms with E-state index in [9.17, 15) is 0 Å². The summed E-state index contributed by atoms with van der Waals surface area (Å²) in [5.74, 6) is 1.75. The van der Waals surface area contributed by atoms with Crippen LogP contribution in [0.4, 0.5) is 0 Å². The summed E-state index contributed by atoms with van der Waals surface area (Å²) in [4.78, 5) is 2.56. The largest absolute Gasteiger partial charge is 0.486 e. The predicted molar refractivity (Wildman–Crippen MR) is 84.0 cm³/mol. The number of allylic oxidation sites excluding steroid dienone is 1. The van der Waals surface area contributed by atoms with Crippen molar-refractivity contribution in [3.05, 3.63) is 36.4 Å². The average Bonchev–Trinajstić information content (AvgIpc) is 2.56. The molecule has 0 amide bonds. The van der Waals surface area contributed by atoms with E-state index in [0.29, 0.717) is 19.3 Å².